The maximum Gasteiger partial charge on any atom is 0.573 e. The summed E-state index contributed by atoms with van der Waals surface area (Å²) in [4.78, 5) is 29.5. The van der Waals surface area contributed by atoms with Crippen LogP contribution in [0.1, 0.15) is 12.6 Å². The zero-order chi connectivity index (χ0) is 23.3. The third-order valence-corrected chi connectivity index (χ3v) is 4.73. The maximum absolute atomic E-state index is 14.1. The standard InChI is InChI=1S/C21H15F4N3O3S/c1-13(29)28(17-8-4-2-6-15(17)22)20-26-14(12-32-20)10-11-19(30)27-16-7-3-5-9-18(16)31-21(23,24)25/h2-12H,1H3,(H,27,30)/b11-10+. The third kappa shape index (κ3) is 5.91. The van der Waals surface area contributed by atoms with Gasteiger partial charge in [0.05, 0.1) is 17.1 Å². The number of thiazole rings is 1. The smallest absolute Gasteiger partial charge is 0.404 e. The van der Waals surface area contributed by atoms with E-state index in [1.165, 1.54) is 54.8 Å². The van der Waals surface area contributed by atoms with Crippen LogP contribution in [0.4, 0.5) is 34.1 Å². The lowest BCUT2D eigenvalue weighted by atomic mass is 10.3. The molecule has 2 amide bonds. The SMILES string of the molecule is CC(=O)N(c1nc(/C=C/C(=O)Nc2ccccc2OC(F)(F)F)cs1)c1ccccc1F. The molecule has 6 nitrogen and oxygen atoms in total. The van der Waals surface area contributed by atoms with E-state index in [1.54, 1.807) is 6.07 Å². The van der Waals surface area contributed by atoms with Crippen LogP contribution in [0.15, 0.2) is 60.0 Å². The first kappa shape index (κ1) is 22.9. The molecule has 1 aromatic heterocycles. The monoisotopic (exact) mass is 465 g/mol. The molecule has 166 valence electrons. The molecule has 0 atom stereocenters. The van der Waals surface area contributed by atoms with Crippen molar-refractivity contribution in [3.63, 3.8) is 0 Å². The molecule has 0 aliphatic heterocycles. The van der Waals surface area contributed by atoms with E-state index in [0.29, 0.717) is 5.69 Å². The molecule has 2 aromatic carbocycles. The molecule has 0 radical (unpaired) electrons. The Labute approximate surface area is 183 Å². The van der Waals surface area contributed by atoms with Gasteiger partial charge in [0, 0.05) is 18.4 Å². The fraction of sp³-hybridized carbons (Fsp3) is 0.0952. The summed E-state index contributed by atoms with van der Waals surface area (Å²) >= 11 is 1.05. The quantitative estimate of drug-likeness (QED) is 0.385. The van der Waals surface area contributed by atoms with Crippen molar-refractivity contribution in [2.24, 2.45) is 0 Å². The number of ether oxygens (including phenoxy) is 1. The summed E-state index contributed by atoms with van der Waals surface area (Å²) in [7, 11) is 0. The second-order valence-electron chi connectivity index (χ2n) is 6.23. The van der Waals surface area contributed by atoms with Crippen LogP contribution in [0.2, 0.25) is 0 Å². The first-order valence-electron chi connectivity index (χ1n) is 8.98. The van der Waals surface area contributed by atoms with Gasteiger partial charge < -0.3 is 10.1 Å². The van der Waals surface area contributed by atoms with E-state index >= 15 is 0 Å². The Kier molecular flexibility index (Phi) is 6.89. The van der Waals surface area contributed by atoms with Gasteiger partial charge in [0.1, 0.15) is 5.82 Å². The third-order valence-electron chi connectivity index (χ3n) is 3.89. The summed E-state index contributed by atoms with van der Waals surface area (Å²) in [5.74, 6) is -2.34. The molecule has 32 heavy (non-hydrogen) atoms. The highest BCUT2D eigenvalue weighted by Crippen LogP contribution is 2.32. The number of benzene rings is 2. The molecule has 1 N–H and O–H groups in total. The van der Waals surface area contributed by atoms with Gasteiger partial charge in [0.25, 0.3) is 0 Å². The van der Waals surface area contributed by atoms with Gasteiger partial charge in [-0.05, 0) is 30.3 Å². The molecule has 0 saturated carbocycles. The Balaban J connectivity index is 1.74. The predicted molar refractivity (Wildman–Crippen MR) is 112 cm³/mol. The molecule has 0 spiro atoms. The van der Waals surface area contributed by atoms with Gasteiger partial charge in [-0.3, -0.25) is 14.5 Å². The number of nitrogens with zero attached hydrogens (tertiary/aromatic N) is 2. The minimum Gasteiger partial charge on any atom is -0.404 e. The summed E-state index contributed by atoms with van der Waals surface area (Å²) in [6.07, 6.45) is -2.54. The Morgan fingerprint density at radius 3 is 2.50 bits per heavy atom. The summed E-state index contributed by atoms with van der Waals surface area (Å²) in [5.41, 5.74) is 0.159. The summed E-state index contributed by atoms with van der Waals surface area (Å²) in [6, 6.07) is 10.8. The predicted octanol–water partition coefficient (Wildman–Crippen LogP) is 5.52. The highest BCUT2D eigenvalue weighted by Gasteiger charge is 2.32. The molecular weight excluding hydrogens is 450 g/mol. The van der Waals surface area contributed by atoms with Gasteiger partial charge in [-0.15, -0.1) is 24.5 Å². The largest absolute Gasteiger partial charge is 0.573 e. The number of alkyl halides is 3. The molecule has 0 bridgehead atoms. The highest BCUT2D eigenvalue weighted by atomic mass is 32.1. The van der Waals surface area contributed by atoms with Gasteiger partial charge in [0.15, 0.2) is 10.9 Å². The van der Waals surface area contributed by atoms with E-state index < -0.39 is 29.7 Å². The van der Waals surface area contributed by atoms with E-state index in [4.69, 9.17) is 0 Å². The van der Waals surface area contributed by atoms with Crippen LogP contribution in [-0.2, 0) is 9.59 Å². The van der Waals surface area contributed by atoms with Crippen LogP contribution in [0.3, 0.4) is 0 Å². The van der Waals surface area contributed by atoms with E-state index in [0.717, 1.165) is 28.4 Å². The first-order chi connectivity index (χ1) is 15.1. The van der Waals surface area contributed by atoms with Crippen LogP contribution in [0.25, 0.3) is 6.08 Å². The van der Waals surface area contributed by atoms with Gasteiger partial charge in [0.2, 0.25) is 11.8 Å². The number of para-hydroxylation sites is 3. The van der Waals surface area contributed by atoms with E-state index in [1.807, 2.05) is 0 Å². The van der Waals surface area contributed by atoms with Gasteiger partial charge in [-0.2, -0.15) is 0 Å². The fourth-order valence-corrected chi connectivity index (χ4v) is 3.46. The fourth-order valence-electron chi connectivity index (χ4n) is 2.61. The Hall–Kier alpha value is -3.73. The number of hydrogen-bond acceptors (Lipinski definition) is 5. The average Bonchev–Trinajstić information content (AvgIpc) is 3.17. The second kappa shape index (κ2) is 9.60. The average molecular weight is 465 g/mol. The van der Waals surface area contributed by atoms with Crippen molar-refractivity contribution in [1.82, 2.24) is 4.98 Å². The molecule has 0 aliphatic rings. The first-order valence-corrected chi connectivity index (χ1v) is 9.86. The minimum atomic E-state index is -4.91. The highest BCUT2D eigenvalue weighted by molar-refractivity contribution is 7.14. The minimum absolute atomic E-state index is 0.0314. The molecule has 0 aliphatic carbocycles. The zero-order valence-corrected chi connectivity index (χ0v) is 17.2. The van der Waals surface area contributed by atoms with Crippen molar-refractivity contribution in [1.29, 1.82) is 0 Å². The molecule has 0 saturated heterocycles. The number of rotatable bonds is 6. The van der Waals surface area contributed by atoms with Gasteiger partial charge >= 0.3 is 6.36 Å². The van der Waals surface area contributed by atoms with E-state index in [9.17, 15) is 27.2 Å². The van der Waals surface area contributed by atoms with Gasteiger partial charge in [-0.25, -0.2) is 9.37 Å². The molecular formula is C21H15F4N3O3S. The topological polar surface area (TPSA) is 71.5 Å². The van der Waals surface area contributed by atoms with Crippen LogP contribution >= 0.6 is 11.3 Å². The number of carbonyl (C=O) groups is 2. The second-order valence-corrected chi connectivity index (χ2v) is 7.06. The normalized spacial score (nSPS) is 11.4. The van der Waals surface area contributed by atoms with Crippen molar-refractivity contribution in [3.05, 3.63) is 71.5 Å². The van der Waals surface area contributed by atoms with E-state index in [-0.39, 0.29) is 16.5 Å². The van der Waals surface area contributed by atoms with Crippen molar-refractivity contribution in [2.45, 2.75) is 13.3 Å². The number of hydrogen-bond donors (Lipinski definition) is 1. The molecule has 3 rings (SSSR count). The zero-order valence-electron chi connectivity index (χ0n) is 16.4. The lowest BCUT2D eigenvalue weighted by molar-refractivity contribution is -0.274. The van der Waals surface area contributed by atoms with Gasteiger partial charge in [-0.1, -0.05) is 24.3 Å². The number of nitrogens with one attached hydrogen (secondary N) is 1. The molecule has 0 fully saturated rings. The number of anilines is 3. The van der Waals surface area contributed by atoms with Crippen LogP contribution in [0.5, 0.6) is 5.75 Å². The van der Waals surface area contributed by atoms with Crippen molar-refractivity contribution in [3.8, 4) is 5.75 Å². The maximum atomic E-state index is 14.1. The van der Waals surface area contributed by atoms with Crippen LogP contribution in [0, 0.1) is 5.82 Å². The summed E-state index contributed by atoms with van der Waals surface area (Å²) in [6.45, 7) is 1.26. The molecule has 1 heterocycles. The number of amides is 2. The Morgan fingerprint density at radius 2 is 1.81 bits per heavy atom. The molecule has 0 unspecified atom stereocenters. The van der Waals surface area contributed by atoms with Crippen molar-refractivity contribution < 1.29 is 31.9 Å². The molecule has 11 heteroatoms. The number of carbonyl (C=O) groups excluding carboxylic acids is 2. The Bertz CT molecular complexity index is 1160. The summed E-state index contributed by atoms with van der Waals surface area (Å²) < 4.78 is 55.5. The molecule has 3 aromatic rings. The summed E-state index contributed by atoms with van der Waals surface area (Å²) in [5, 5.41) is 4.02. The van der Waals surface area contributed by atoms with Crippen LogP contribution in [-0.4, -0.2) is 23.2 Å². The number of aromatic nitrogens is 1. The lowest BCUT2D eigenvalue weighted by Crippen LogP contribution is -2.23. The lowest BCUT2D eigenvalue weighted by Gasteiger charge is -2.18. The van der Waals surface area contributed by atoms with Crippen molar-refractivity contribution >= 4 is 45.7 Å². The number of halogens is 4. The van der Waals surface area contributed by atoms with E-state index in [2.05, 4.69) is 15.0 Å². The van der Waals surface area contributed by atoms with Crippen molar-refractivity contribution in [2.75, 3.05) is 10.2 Å². The van der Waals surface area contributed by atoms with Crippen LogP contribution < -0.4 is 15.0 Å². The Morgan fingerprint density at radius 1 is 1.12 bits per heavy atom.